The van der Waals surface area contributed by atoms with E-state index in [0.29, 0.717) is 0 Å². The molecule has 1 amide bonds. The molecule has 0 aliphatic heterocycles. The Morgan fingerprint density at radius 2 is 1.72 bits per heavy atom. The van der Waals surface area contributed by atoms with Crippen LogP contribution in [0, 0.1) is 0 Å². The summed E-state index contributed by atoms with van der Waals surface area (Å²) >= 11 is 0. The molecule has 0 unspecified atom stereocenters. The highest BCUT2D eigenvalue weighted by Gasteiger charge is 2.00. The van der Waals surface area contributed by atoms with Gasteiger partial charge in [0.05, 0.1) is 0 Å². The summed E-state index contributed by atoms with van der Waals surface area (Å²) in [4.78, 5) is 11.5. The Balaban J connectivity index is 2.23. The molecule has 0 atom stereocenters. The quantitative estimate of drug-likeness (QED) is 0.807. The summed E-state index contributed by atoms with van der Waals surface area (Å²) in [7, 11) is 0. The number of carbonyl (C=O) groups excluding carboxylic acids is 1. The van der Waals surface area contributed by atoms with E-state index in [1.54, 1.807) is 6.08 Å². The number of nitrogens with one attached hydrogen (secondary N) is 1. The zero-order valence-corrected chi connectivity index (χ0v) is 10.3. The summed E-state index contributed by atoms with van der Waals surface area (Å²) in [6.45, 7) is 1.82. The molecule has 2 nitrogen and oxygen atoms in total. The minimum absolute atomic E-state index is 0.109. The fourth-order valence-corrected chi connectivity index (χ4v) is 1.74. The first-order chi connectivity index (χ1) is 8.79. The molecule has 2 heteroatoms. The van der Waals surface area contributed by atoms with Crippen LogP contribution >= 0.6 is 0 Å². The lowest BCUT2D eigenvalue weighted by molar-refractivity contribution is -0.111. The Labute approximate surface area is 107 Å². The van der Waals surface area contributed by atoms with Crippen molar-refractivity contribution in [3.63, 3.8) is 0 Å². The van der Waals surface area contributed by atoms with Crippen LogP contribution in [0.2, 0.25) is 0 Å². The first-order valence-electron chi connectivity index (χ1n) is 5.89. The molecule has 0 heterocycles. The summed E-state index contributed by atoms with van der Waals surface area (Å²) in [5.41, 5.74) is 3.04. The first-order valence-corrected chi connectivity index (χ1v) is 5.89. The SMILES string of the molecule is C/C=C/C(=O)Nc1cccc(-c2ccccc2)c1. The Bertz CT molecular complexity index is 558. The van der Waals surface area contributed by atoms with Crippen molar-refractivity contribution < 1.29 is 4.79 Å². The lowest BCUT2D eigenvalue weighted by Gasteiger charge is -2.06. The largest absolute Gasteiger partial charge is 0.323 e. The molecule has 2 aromatic rings. The average molecular weight is 237 g/mol. The average Bonchev–Trinajstić information content (AvgIpc) is 2.40. The molecule has 18 heavy (non-hydrogen) atoms. The fraction of sp³-hybridized carbons (Fsp3) is 0.0625. The molecule has 0 aliphatic carbocycles. The second-order valence-corrected chi connectivity index (χ2v) is 3.94. The minimum atomic E-state index is -0.109. The third kappa shape index (κ3) is 3.08. The summed E-state index contributed by atoms with van der Waals surface area (Å²) in [5, 5.41) is 2.83. The molecular formula is C16H15NO. The van der Waals surface area contributed by atoms with Crippen molar-refractivity contribution in [2.45, 2.75) is 6.92 Å². The molecule has 0 radical (unpaired) electrons. The van der Waals surface area contributed by atoms with Crippen molar-refractivity contribution in [3.8, 4) is 11.1 Å². The maximum absolute atomic E-state index is 11.5. The van der Waals surface area contributed by atoms with Crippen LogP contribution in [0.15, 0.2) is 66.7 Å². The summed E-state index contributed by atoms with van der Waals surface area (Å²) in [6, 6.07) is 17.9. The predicted molar refractivity (Wildman–Crippen MR) is 75.3 cm³/mol. The van der Waals surface area contributed by atoms with Gasteiger partial charge in [0, 0.05) is 5.69 Å². The van der Waals surface area contributed by atoms with E-state index in [1.807, 2.05) is 61.5 Å². The lowest BCUT2D eigenvalue weighted by atomic mass is 10.1. The summed E-state index contributed by atoms with van der Waals surface area (Å²) in [5.74, 6) is -0.109. The van der Waals surface area contributed by atoms with Crippen LogP contribution in [-0.2, 0) is 4.79 Å². The van der Waals surface area contributed by atoms with Crippen molar-refractivity contribution in [1.82, 2.24) is 0 Å². The van der Waals surface area contributed by atoms with Crippen molar-refractivity contribution in [1.29, 1.82) is 0 Å². The number of hydrogen-bond donors (Lipinski definition) is 1. The number of allylic oxidation sites excluding steroid dienone is 1. The molecule has 0 aromatic heterocycles. The van der Waals surface area contributed by atoms with Gasteiger partial charge in [0.15, 0.2) is 0 Å². The van der Waals surface area contributed by atoms with E-state index < -0.39 is 0 Å². The van der Waals surface area contributed by atoms with Crippen molar-refractivity contribution in [2.75, 3.05) is 5.32 Å². The Morgan fingerprint density at radius 3 is 2.44 bits per heavy atom. The van der Waals surface area contributed by atoms with Crippen molar-refractivity contribution in [2.24, 2.45) is 0 Å². The Morgan fingerprint density at radius 1 is 1.00 bits per heavy atom. The molecule has 1 N–H and O–H groups in total. The van der Waals surface area contributed by atoms with Gasteiger partial charge in [0.25, 0.3) is 0 Å². The van der Waals surface area contributed by atoms with E-state index in [4.69, 9.17) is 0 Å². The molecule has 2 aromatic carbocycles. The van der Waals surface area contributed by atoms with E-state index in [0.717, 1.165) is 16.8 Å². The normalized spacial score (nSPS) is 10.5. The molecule has 0 saturated heterocycles. The van der Waals surface area contributed by atoms with Gasteiger partial charge in [-0.2, -0.15) is 0 Å². The van der Waals surface area contributed by atoms with Gasteiger partial charge in [-0.3, -0.25) is 4.79 Å². The van der Waals surface area contributed by atoms with Crippen LogP contribution in [0.3, 0.4) is 0 Å². The van der Waals surface area contributed by atoms with Crippen LogP contribution in [0.4, 0.5) is 5.69 Å². The van der Waals surface area contributed by atoms with Gasteiger partial charge in [0.1, 0.15) is 0 Å². The molecule has 0 bridgehead atoms. The van der Waals surface area contributed by atoms with Gasteiger partial charge in [-0.05, 0) is 36.3 Å². The molecule has 2 rings (SSSR count). The smallest absolute Gasteiger partial charge is 0.248 e. The fourth-order valence-electron chi connectivity index (χ4n) is 1.74. The van der Waals surface area contributed by atoms with Gasteiger partial charge < -0.3 is 5.32 Å². The van der Waals surface area contributed by atoms with E-state index >= 15 is 0 Å². The van der Waals surface area contributed by atoms with E-state index in [-0.39, 0.29) is 5.91 Å². The maximum atomic E-state index is 11.5. The first kappa shape index (κ1) is 12.1. The van der Waals surface area contributed by atoms with E-state index in [2.05, 4.69) is 5.32 Å². The number of hydrogen-bond acceptors (Lipinski definition) is 1. The topological polar surface area (TPSA) is 29.1 Å². The molecule has 0 aliphatic rings. The second kappa shape index (κ2) is 5.82. The van der Waals surface area contributed by atoms with Gasteiger partial charge in [-0.25, -0.2) is 0 Å². The zero-order chi connectivity index (χ0) is 12.8. The molecule has 0 spiro atoms. The monoisotopic (exact) mass is 237 g/mol. The molecule has 90 valence electrons. The van der Waals surface area contributed by atoms with Gasteiger partial charge in [-0.15, -0.1) is 0 Å². The van der Waals surface area contributed by atoms with Crippen LogP contribution < -0.4 is 5.32 Å². The minimum Gasteiger partial charge on any atom is -0.323 e. The maximum Gasteiger partial charge on any atom is 0.248 e. The van der Waals surface area contributed by atoms with Crippen molar-refractivity contribution in [3.05, 3.63) is 66.7 Å². The summed E-state index contributed by atoms with van der Waals surface area (Å²) < 4.78 is 0. The number of rotatable bonds is 3. The third-order valence-electron chi connectivity index (χ3n) is 2.56. The third-order valence-corrected chi connectivity index (χ3v) is 2.56. The number of benzene rings is 2. The highest BCUT2D eigenvalue weighted by molar-refractivity contribution is 5.99. The Hall–Kier alpha value is -2.35. The zero-order valence-electron chi connectivity index (χ0n) is 10.3. The van der Waals surface area contributed by atoms with Crippen LogP contribution in [0.5, 0.6) is 0 Å². The molecular weight excluding hydrogens is 222 g/mol. The summed E-state index contributed by atoms with van der Waals surface area (Å²) in [6.07, 6.45) is 3.23. The van der Waals surface area contributed by atoms with Crippen LogP contribution in [-0.4, -0.2) is 5.91 Å². The Kier molecular flexibility index (Phi) is 3.92. The van der Waals surface area contributed by atoms with Crippen LogP contribution in [0.1, 0.15) is 6.92 Å². The second-order valence-electron chi connectivity index (χ2n) is 3.94. The lowest BCUT2D eigenvalue weighted by Crippen LogP contribution is -2.07. The number of amides is 1. The van der Waals surface area contributed by atoms with Gasteiger partial charge in [0.2, 0.25) is 5.91 Å². The number of carbonyl (C=O) groups is 1. The molecule has 0 fully saturated rings. The predicted octanol–water partition coefficient (Wildman–Crippen LogP) is 3.87. The van der Waals surface area contributed by atoms with Gasteiger partial charge in [-0.1, -0.05) is 48.5 Å². The van der Waals surface area contributed by atoms with E-state index in [1.165, 1.54) is 6.08 Å². The van der Waals surface area contributed by atoms with Crippen LogP contribution in [0.25, 0.3) is 11.1 Å². The standard InChI is InChI=1S/C16H15NO/c1-2-7-16(18)17-15-11-6-10-14(12-15)13-8-4-3-5-9-13/h2-12H,1H3,(H,17,18)/b7-2+. The molecule has 0 saturated carbocycles. The van der Waals surface area contributed by atoms with E-state index in [9.17, 15) is 4.79 Å². The number of anilines is 1. The highest BCUT2D eigenvalue weighted by atomic mass is 16.1. The highest BCUT2D eigenvalue weighted by Crippen LogP contribution is 2.22. The van der Waals surface area contributed by atoms with Gasteiger partial charge >= 0.3 is 0 Å². The van der Waals surface area contributed by atoms with Crippen molar-refractivity contribution >= 4 is 11.6 Å².